The summed E-state index contributed by atoms with van der Waals surface area (Å²) < 4.78 is 15.5. The summed E-state index contributed by atoms with van der Waals surface area (Å²) in [5.74, 6) is -0.00906. The molecule has 9 heteroatoms. The Morgan fingerprint density at radius 3 is 2.18 bits per heavy atom. The third-order valence-corrected chi connectivity index (χ3v) is 4.75. The number of aromatic amines is 1. The maximum Gasteiger partial charge on any atom is 0.271 e. The number of nitrogens with one attached hydrogen (secondary N) is 1. The molecule has 1 aromatic heterocycles. The number of carbonyl (C=O) groups excluding carboxylic acids is 2. The van der Waals surface area contributed by atoms with Crippen LogP contribution in [0.5, 0.6) is 17.2 Å². The van der Waals surface area contributed by atoms with Crippen molar-refractivity contribution in [3.8, 4) is 17.2 Å². The summed E-state index contributed by atoms with van der Waals surface area (Å²) in [5, 5.41) is 0. The van der Waals surface area contributed by atoms with Gasteiger partial charge in [-0.05, 0) is 23.3 Å². The number of nitrogens with two attached hydrogens (primary N) is 1. The Morgan fingerprint density at radius 2 is 1.64 bits per heavy atom. The van der Waals surface area contributed by atoms with Crippen LogP contribution in [0.2, 0.25) is 0 Å². The van der Waals surface area contributed by atoms with E-state index < -0.39 is 23.3 Å². The van der Waals surface area contributed by atoms with Gasteiger partial charge in [-0.3, -0.25) is 14.4 Å². The number of ether oxygens (including phenoxy) is 3. The SMILES string of the molecule is COc1cc2c(cc1OC)CN(C(=O)c1cc(=O)c(OC)c[nH]1)C(C(N)=O)C2. The Kier molecular flexibility index (Phi) is 5.25. The molecule has 148 valence electrons. The van der Waals surface area contributed by atoms with Crippen molar-refractivity contribution < 1.29 is 23.8 Å². The summed E-state index contributed by atoms with van der Waals surface area (Å²) >= 11 is 0. The molecular weight excluding hydrogens is 366 g/mol. The fourth-order valence-electron chi connectivity index (χ4n) is 3.28. The molecule has 1 aromatic carbocycles. The first-order valence-corrected chi connectivity index (χ1v) is 8.50. The van der Waals surface area contributed by atoms with Crippen LogP contribution in [0.4, 0.5) is 0 Å². The highest BCUT2D eigenvalue weighted by Gasteiger charge is 2.35. The molecule has 1 aliphatic rings. The predicted octanol–water partition coefficient (Wildman–Crippen LogP) is 0.453. The van der Waals surface area contributed by atoms with E-state index in [-0.39, 0.29) is 24.4 Å². The Bertz CT molecular complexity index is 984. The number of fused-ring (bicyclic) bond motifs is 1. The Hall–Kier alpha value is -3.49. The molecule has 2 amide bonds. The van der Waals surface area contributed by atoms with Gasteiger partial charge in [0.1, 0.15) is 11.7 Å². The van der Waals surface area contributed by atoms with E-state index in [9.17, 15) is 14.4 Å². The second-order valence-electron chi connectivity index (χ2n) is 6.31. The van der Waals surface area contributed by atoms with Gasteiger partial charge in [-0.25, -0.2) is 0 Å². The Labute approximate surface area is 161 Å². The van der Waals surface area contributed by atoms with Gasteiger partial charge in [0.25, 0.3) is 5.91 Å². The first-order chi connectivity index (χ1) is 13.4. The van der Waals surface area contributed by atoms with E-state index in [4.69, 9.17) is 19.9 Å². The fraction of sp³-hybridized carbons (Fsp3) is 0.316. The largest absolute Gasteiger partial charge is 0.493 e. The molecule has 0 spiro atoms. The van der Waals surface area contributed by atoms with Crippen molar-refractivity contribution in [2.24, 2.45) is 5.73 Å². The zero-order valence-corrected chi connectivity index (χ0v) is 15.8. The molecule has 1 aliphatic heterocycles. The molecule has 9 nitrogen and oxygen atoms in total. The van der Waals surface area contributed by atoms with Crippen LogP contribution in [0.15, 0.2) is 29.2 Å². The first kappa shape index (κ1) is 19.3. The average molecular weight is 387 g/mol. The van der Waals surface area contributed by atoms with Crippen LogP contribution in [0.3, 0.4) is 0 Å². The van der Waals surface area contributed by atoms with Gasteiger partial charge in [-0.15, -0.1) is 0 Å². The lowest BCUT2D eigenvalue weighted by Crippen LogP contribution is -2.51. The molecule has 3 N–H and O–H groups in total. The van der Waals surface area contributed by atoms with E-state index in [0.29, 0.717) is 11.5 Å². The van der Waals surface area contributed by atoms with Gasteiger partial charge in [0.05, 0.1) is 21.3 Å². The number of pyridine rings is 1. The molecule has 1 atom stereocenters. The van der Waals surface area contributed by atoms with E-state index in [1.807, 2.05) is 0 Å². The summed E-state index contributed by atoms with van der Waals surface area (Å²) in [6.45, 7) is 0.135. The molecule has 28 heavy (non-hydrogen) atoms. The third-order valence-electron chi connectivity index (χ3n) is 4.75. The summed E-state index contributed by atoms with van der Waals surface area (Å²) in [7, 11) is 4.40. The fourth-order valence-corrected chi connectivity index (χ4v) is 3.28. The van der Waals surface area contributed by atoms with Crippen LogP contribution in [-0.4, -0.2) is 49.1 Å². The highest BCUT2D eigenvalue weighted by molar-refractivity contribution is 5.96. The molecule has 0 saturated heterocycles. The van der Waals surface area contributed by atoms with Crippen LogP contribution in [0, 0.1) is 0 Å². The quantitative estimate of drug-likeness (QED) is 0.768. The second kappa shape index (κ2) is 7.63. The van der Waals surface area contributed by atoms with Gasteiger partial charge in [-0.1, -0.05) is 0 Å². The van der Waals surface area contributed by atoms with E-state index >= 15 is 0 Å². The summed E-state index contributed by atoms with van der Waals surface area (Å²) in [4.78, 5) is 41.1. The van der Waals surface area contributed by atoms with Crippen LogP contribution >= 0.6 is 0 Å². The van der Waals surface area contributed by atoms with Gasteiger partial charge in [0.2, 0.25) is 11.3 Å². The van der Waals surface area contributed by atoms with Crippen molar-refractivity contribution >= 4 is 11.8 Å². The second-order valence-corrected chi connectivity index (χ2v) is 6.31. The minimum absolute atomic E-state index is 0.0426. The number of amides is 2. The van der Waals surface area contributed by atoms with Crippen molar-refractivity contribution in [3.05, 3.63) is 51.4 Å². The molecule has 2 aromatic rings. The van der Waals surface area contributed by atoms with E-state index in [0.717, 1.165) is 17.2 Å². The highest BCUT2D eigenvalue weighted by atomic mass is 16.5. The standard InChI is InChI=1S/C19H21N3O6/c1-26-15-5-10-4-13(18(20)24)22(9-11(10)6-16(15)27-2)19(25)12-7-14(23)17(28-3)8-21-12/h5-8,13H,4,9H2,1-3H3,(H2,20,24)(H,21,23). The summed E-state index contributed by atoms with van der Waals surface area (Å²) in [6.07, 6.45) is 1.54. The van der Waals surface area contributed by atoms with Gasteiger partial charge in [0, 0.05) is 25.2 Å². The molecule has 0 fully saturated rings. The lowest BCUT2D eigenvalue weighted by molar-refractivity contribution is -0.122. The maximum atomic E-state index is 13.0. The Balaban J connectivity index is 2.00. The minimum Gasteiger partial charge on any atom is -0.493 e. The van der Waals surface area contributed by atoms with E-state index in [1.165, 1.54) is 32.4 Å². The smallest absolute Gasteiger partial charge is 0.271 e. The molecule has 0 radical (unpaired) electrons. The van der Waals surface area contributed by atoms with Crippen LogP contribution < -0.4 is 25.4 Å². The van der Waals surface area contributed by atoms with Gasteiger partial charge >= 0.3 is 0 Å². The van der Waals surface area contributed by atoms with Crippen molar-refractivity contribution in [2.75, 3.05) is 21.3 Å². The summed E-state index contributed by atoms with van der Waals surface area (Å²) in [5.41, 5.74) is 6.80. The number of hydrogen-bond donors (Lipinski definition) is 2. The molecule has 0 bridgehead atoms. The number of rotatable bonds is 5. The normalized spacial score (nSPS) is 15.5. The number of primary amides is 1. The molecular formula is C19H21N3O6. The molecule has 2 heterocycles. The lowest BCUT2D eigenvalue weighted by Gasteiger charge is -2.35. The number of carbonyl (C=O) groups is 2. The number of aromatic nitrogens is 1. The van der Waals surface area contributed by atoms with Crippen LogP contribution in [-0.2, 0) is 17.8 Å². The molecule has 0 aliphatic carbocycles. The summed E-state index contributed by atoms with van der Waals surface area (Å²) in [6, 6.07) is 3.83. The number of H-pyrrole nitrogens is 1. The maximum absolute atomic E-state index is 13.0. The van der Waals surface area contributed by atoms with Crippen molar-refractivity contribution in [1.82, 2.24) is 9.88 Å². The number of benzene rings is 1. The van der Waals surface area contributed by atoms with Gasteiger partial charge < -0.3 is 29.8 Å². The van der Waals surface area contributed by atoms with E-state index in [2.05, 4.69) is 4.98 Å². The molecule has 1 unspecified atom stereocenters. The van der Waals surface area contributed by atoms with Crippen molar-refractivity contribution in [1.29, 1.82) is 0 Å². The minimum atomic E-state index is -0.858. The third kappa shape index (κ3) is 3.38. The lowest BCUT2D eigenvalue weighted by atomic mass is 9.92. The Morgan fingerprint density at radius 1 is 1.04 bits per heavy atom. The van der Waals surface area contributed by atoms with Crippen LogP contribution in [0.25, 0.3) is 0 Å². The predicted molar refractivity (Wildman–Crippen MR) is 99.7 cm³/mol. The zero-order chi connectivity index (χ0) is 20.4. The molecule has 0 saturated carbocycles. The van der Waals surface area contributed by atoms with Crippen molar-refractivity contribution in [3.63, 3.8) is 0 Å². The number of hydrogen-bond acceptors (Lipinski definition) is 6. The first-order valence-electron chi connectivity index (χ1n) is 8.50. The highest BCUT2D eigenvalue weighted by Crippen LogP contribution is 2.35. The number of methoxy groups -OCH3 is 3. The van der Waals surface area contributed by atoms with Gasteiger partial charge in [-0.2, -0.15) is 0 Å². The average Bonchev–Trinajstić information content (AvgIpc) is 2.70. The van der Waals surface area contributed by atoms with Crippen molar-refractivity contribution in [2.45, 2.75) is 19.0 Å². The van der Waals surface area contributed by atoms with E-state index in [1.54, 1.807) is 12.1 Å². The monoisotopic (exact) mass is 387 g/mol. The van der Waals surface area contributed by atoms with Crippen LogP contribution in [0.1, 0.15) is 21.6 Å². The molecule has 3 rings (SSSR count). The zero-order valence-electron chi connectivity index (χ0n) is 15.8. The topological polar surface area (TPSA) is 124 Å². The van der Waals surface area contributed by atoms with Gasteiger partial charge in [0.15, 0.2) is 17.2 Å². The number of nitrogens with zero attached hydrogens (tertiary/aromatic N) is 1.